The van der Waals surface area contributed by atoms with E-state index in [9.17, 15) is 3.89 Å². The monoisotopic (exact) mass is 234 g/mol. The molecule has 1 unspecified atom stereocenters. The molecular formula is C8H8BrFS. The van der Waals surface area contributed by atoms with Crippen LogP contribution in [0.25, 0.3) is 0 Å². The lowest BCUT2D eigenvalue weighted by atomic mass is 10.3. The smallest absolute Gasteiger partial charge is 0.0293 e. The molecule has 1 saturated carbocycles. The third-order valence-corrected chi connectivity index (χ3v) is 4.16. The molecule has 60 valence electrons. The summed E-state index contributed by atoms with van der Waals surface area (Å²) >= 11 is 3.38. The van der Waals surface area contributed by atoms with Crippen LogP contribution in [-0.2, 0) is 0 Å². The van der Waals surface area contributed by atoms with Crippen molar-refractivity contribution in [3.05, 3.63) is 21.5 Å². The average Bonchev–Trinajstić information content (AvgIpc) is 2.70. The van der Waals surface area contributed by atoms with E-state index >= 15 is 0 Å². The highest BCUT2D eigenvalue weighted by molar-refractivity contribution is 9.12. The molecule has 0 nitrogen and oxygen atoms in total. The predicted octanol–water partition coefficient (Wildman–Crippen LogP) is 3.53. The molecule has 0 N–H and O–H groups in total. The van der Waals surface area contributed by atoms with E-state index in [1.165, 1.54) is 12.8 Å². The topological polar surface area (TPSA) is 0 Å². The summed E-state index contributed by atoms with van der Waals surface area (Å²) in [6.45, 7) is 0. The van der Waals surface area contributed by atoms with Crippen molar-refractivity contribution in [1.29, 1.82) is 0 Å². The summed E-state index contributed by atoms with van der Waals surface area (Å²) in [5.74, 6) is 0.527. The summed E-state index contributed by atoms with van der Waals surface area (Å²) in [4.78, 5) is 0.979. The van der Waals surface area contributed by atoms with E-state index < -0.39 is 10.9 Å². The number of hydrogen-bond acceptors (Lipinski definition) is 0. The van der Waals surface area contributed by atoms with Crippen LogP contribution in [0.15, 0.2) is 21.5 Å². The molecule has 0 spiro atoms. The first-order valence-corrected chi connectivity index (χ1v) is 5.57. The molecule has 0 radical (unpaired) electrons. The SMILES string of the molecule is FS1=CC=CC(Br)=C1C1CC1. The van der Waals surface area contributed by atoms with Crippen molar-refractivity contribution in [3.63, 3.8) is 0 Å². The fourth-order valence-electron chi connectivity index (χ4n) is 1.14. The minimum Gasteiger partial charge on any atom is -0.169 e. The van der Waals surface area contributed by atoms with Gasteiger partial charge in [0.2, 0.25) is 0 Å². The average molecular weight is 235 g/mol. The first-order chi connectivity index (χ1) is 5.29. The zero-order chi connectivity index (χ0) is 7.84. The van der Waals surface area contributed by atoms with Crippen molar-refractivity contribution in [3.8, 4) is 0 Å². The predicted molar refractivity (Wildman–Crippen MR) is 52.6 cm³/mol. The van der Waals surface area contributed by atoms with Gasteiger partial charge in [-0.1, -0.05) is 6.08 Å². The second-order valence-corrected chi connectivity index (χ2v) is 4.90. The molecule has 1 atom stereocenters. The Morgan fingerprint density at radius 1 is 1.55 bits per heavy atom. The zero-order valence-corrected chi connectivity index (χ0v) is 8.29. The molecule has 2 aliphatic rings. The number of rotatable bonds is 1. The van der Waals surface area contributed by atoms with Crippen LogP contribution in [0.4, 0.5) is 3.89 Å². The number of hydrogen-bond donors (Lipinski definition) is 0. The fourth-order valence-corrected chi connectivity index (χ4v) is 3.25. The van der Waals surface area contributed by atoms with Gasteiger partial charge in [0.1, 0.15) is 0 Å². The van der Waals surface area contributed by atoms with Crippen molar-refractivity contribution in [1.82, 2.24) is 0 Å². The van der Waals surface area contributed by atoms with E-state index in [1.807, 2.05) is 6.08 Å². The number of allylic oxidation sites excluding steroid dienone is 4. The van der Waals surface area contributed by atoms with Crippen LogP contribution in [0.5, 0.6) is 0 Å². The van der Waals surface area contributed by atoms with Crippen LogP contribution < -0.4 is 0 Å². The molecule has 3 heteroatoms. The third kappa shape index (κ3) is 1.49. The summed E-state index contributed by atoms with van der Waals surface area (Å²) in [5.41, 5.74) is 0. The Labute approximate surface area is 76.5 Å². The second kappa shape index (κ2) is 2.87. The molecule has 11 heavy (non-hydrogen) atoms. The lowest BCUT2D eigenvalue weighted by Crippen LogP contribution is -1.88. The summed E-state index contributed by atoms with van der Waals surface area (Å²) < 4.78 is 14.2. The van der Waals surface area contributed by atoms with E-state index in [0.717, 1.165) is 9.39 Å². The minimum atomic E-state index is -1.10. The Kier molecular flexibility index (Phi) is 2.02. The van der Waals surface area contributed by atoms with Gasteiger partial charge in [0, 0.05) is 20.3 Å². The first-order valence-electron chi connectivity index (χ1n) is 3.59. The Balaban J connectivity index is 2.38. The van der Waals surface area contributed by atoms with Crippen LogP contribution in [0.3, 0.4) is 0 Å². The highest BCUT2D eigenvalue weighted by atomic mass is 79.9. The molecular weight excluding hydrogens is 227 g/mol. The van der Waals surface area contributed by atoms with Gasteiger partial charge in [0.15, 0.2) is 0 Å². The molecule has 2 rings (SSSR count). The summed E-state index contributed by atoms with van der Waals surface area (Å²) in [5, 5.41) is 1.64. The van der Waals surface area contributed by atoms with Crippen molar-refractivity contribution >= 4 is 32.2 Å². The van der Waals surface area contributed by atoms with Crippen molar-refractivity contribution in [2.45, 2.75) is 12.8 Å². The van der Waals surface area contributed by atoms with Gasteiger partial charge in [-0.3, -0.25) is 0 Å². The van der Waals surface area contributed by atoms with Gasteiger partial charge in [0.25, 0.3) is 0 Å². The molecule has 0 amide bonds. The van der Waals surface area contributed by atoms with Crippen LogP contribution in [-0.4, -0.2) is 5.37 Å². The fraction of sp³-hybridized carbons (Fsp3) is 0.375. The van der Waals surface area contributed by atoms with Crippen molar-refractivity contribution in [2.75, 3.05) is 0 Å². The summed E-state index contributed by atoms with van der Waals surface area (Å²) in [6.07, 6.45) is 6.04. The quantitative estimate of drug-likeness (QED) is 0.610. The van der Waals surface area contributed by atoms with Gasteiger partial charge in [-0.05, 0) is 46.1 Å². The number of halogens is 2. The zero-order valence-electron chi connectivity index (χ0n) is 5.89. The van der Waals surface area contributed by atoms with E-state index in [2.05, 4.69) is 15.9 Å². The van der Waals surface area contributed by atoms with Crippen LogP contribution in [0.1, 0.15) is 12.8 Å². The lowest BCUT2D eigenvalue weighted by molar-refractivity contribution is 0.926. The summed E-state index contributed by atoms with van der Waals surface area (Å²) in [6, 6.07) is 0. The molecule has 0 bridgehead atoms. The molecule has 0 saturated heterocycles. The van der Waals surface area contributed by atoms with Crippen LogP contribution >= 0.6 is 26.8 Å². The maximum atomic E-state index is 13.2. The van der Waals surface area contributed by atoms with Crippen molar-refractivity contribution in [2.24, 2.45) is 5.92 Å². The van der Waals surface area contributed by atoms with E-state index in [-0.39, 0.29) is 0 Å². The van der Waals surface area contributed by atoms with Gasteiger partial charge in [-0.25, -0.2) is 0 Å². The van der Waals surface area contributed by atoms with Gasteiger partial charge >= 0.3 is 0 Å². The molecule has 0 aromatic heterocycles. The van der Waals surface area contributed by atoms with Gasteiger partial charge in [-0.15, -0.1) is 0 Å². The normalized spacial score (nSPS) is 30.5. The molecule has 0 aromatic rings. The van der Waals surface area contributed by atoms with E-state index in [0.29, 0.717) is 5.92 Å². The molecule has 1 heterocycles. The second-order valence-electron chi connectivity index (χ2n) is 2.77. The lowest BCUT2D eigenvalue weighted by Gasteiger charge is -2.08. The minimum absolute atomic E-state index is 0.527. The Bertz CT molecular complexity index is 274. The maximum Gasteiger partial charge on any atom is 0.0293 e. The van der Waals surface area contributed by atoms with Crippen LogP contribution in [0.2, 0.25) is 0 Å². The third-order valence-electron chi connectivity index (χ3n) is 1.83. The van der Waals surface area contributed by atoms with Crippen LogP contribution in [0, 0.1) is 5.92 Å². The van der Waals surface area contributed by atoms with E-state index in [4.69, 9.17) is 0 Å². The molecule has 1 fully saturated rings. The van der Waals surface area contributed by atoms with Gasteiger partial charge in [-0.2, -0.15) is 3.89 Å². The highest BCUT2D eigenvalue weighted by Crippen LogP contribution is 2.49. The van der Waals surface area contributed by atoms with Gasteiger partial charge in [0.05, 0.1) is 0 Å². The summed E-state index contributed by atoms with van der Waals surface area (Å²) in [7, 11) is -1.10. The highest BCUT2D eigenvalue weighted by Gasteiger charge is 2.30. The van der Waals surface area contributed by atoms with Gasteiger partial charge < -0.3 is 0 Å². The molecule has 0 aromatic carbocycles. The first kappa shape index (κ1) is 7.74. The van der Waals surface area contributed by atoms with Crippen molar-refractivity contribution < 1.29 is 3.89 Å². The molecule has 1 aliphatic heterocycles. The molecule has 1 aliphatic carbocycles. The Hall–Kier alpha value is 0.110. The maximum absolute atomic E-state index is 13.2. The largest absolute Gasteiger partial charge is 0.169 e. The standard InChI is InChI=1S/C8H8BrFS/c9-7-2-1-5-11(10)8(7)6-3-4-6/h1-2,5-6H,3-4H2. The Morgan fingerprint density at radius 2 is 2.27 bits per heavy atom. The van der Waals surface area contributed by atoms with E-state index in [1.54, 1.807) is 11.4 Å². The Morgan fingerprint density at radius 3 is 2.82 bits per heavy atom.